The molecule has 0 amide bonds. The molecule has 2 aromatic carbocycles. The van der Waals surface area contributed by atoms with Gasteiger partial charge >= 0.3 is 6.18 Å². The van der Waals surface area contributed by atoms with E-state index in [0.717, 1.165) is 11.1 Å². The van der Waals surface area contributed by atoms with Crippen LogP contribution in [-0.2, 0) is 0 Å². The second-order valence-electron chi connectivity index (χ2n) is 5.04. The van der Waals surface area contributed by atoms with Gasteiger partial charge in [-0.05, 0) is 35.4 Å². The van der Waals surface area contributed by atoms with E-state index in [0.29, 0.717) is 11.4 Å². The largest absolute Gasteiger partial charge is 0.497 e. The molecule has 5 heteroatoms. The average molecular weight is 305 g/mol. The van der Waals surface area contributed by atoms with Gasteiger partial charge in [-0.3, -0.25) is 0 Å². The zero-order valence-corrected chi connectivity index (χ0v) is 11.8. The number of methoxy groups -OCH3 is 1. The molecule has 0 radical (unpaired) electrons. The van der Waals surface area contributed by atoms with Crippen molar-refractivity contribution in [2.45, 2.75) is 12.1 Å². The van der Waals surface area contributed by atoms with Gasteiger partial charge in [-0.15, -0.1) is 0 Å². The first-order valence-electron chi connectivity index (χ1n) is 6.78. The summed E-state index contributed by atoms with van der Waals surface area (Å²) < 4.78 is 44.5. The van der Waals surface area contributed by atoms with Crippen LogP contribution in [0.3, 0.4) is 0 Å². The number of benzene rings is 2. The lowest BCUT2D eigenvalue weighted by Gasteiger charge is -2.27. The Balaban J connectivity index is 2.14. The van der Waals surface area contributed by atoms with Gasteiger partial charge in [0.25, 0.3) is 0 Å². The number of nitrogens with one attached hydrogen (secondary N) is 1. The quantitative estimate of drug-likeness (QED) is 0.868. The third-order valence-corrected chi connectivity index (χ3v) is 3.66. The van der Waals surface area contributed by atoms with Crippen molar-refractivity contribution in [1.29, 1.82) is 0 Å². The molecule has 0 saturated heterocycles. The fourth-order valence-corrected chi connectivity index (χ4v) is 2.58. The Morgan fingerprint density at radius 1 is 1.05 bits per heavy atom. The highest BCUT2D eigenvalue weighted by molar-refractivity contribution is 5.65. The van der Waals surface area contributed by atoms with Crippen molar-refractivity contribution in [1.82, 2.24) is 0 Å². The van der Waals surface area contributed by atoms with Crippen molar-refractivity contribution in [2.24, 2.45) is 0 Å². The van der Waals surface area contributed by atoms with Gasteiger partial charge in [-0.2, -0.15) is 13.2 Å². The second kappa shape index (κ2) is 5.40. The van der Waals surface area contributed by atoms with Crippen molar-refractivity contribution in [3.05, 3.63) is 71.4 Å². The molecule has 2 aromatic rings. The molecule has 0 aromatic heterocycles. The zero-order chi connectivity index (χ0) is 15.7. The van der Waals surface area contributed by atoms with E-state index in [-0.39, 0.29) is 0 Å². The molecule has 3 rings (SSSR count). The predicted molar refractivity (Wildman–Crippen MR) is 79.0 cm³/mol. The van der Waals surface area contributed by atoms with E-state index in [1.807, 2.05) is 30.3 Å². The summed E-state index contributed by atoms with van der Waals surface area (Å²) >= 11 is 0. The molecular weight excluding hydrogens is 291 g/mol. The second-order valence-corrected chi connectivity index (χ2v) is 5.04. The molecule has 2 nitrogen and oxygen atoms in total. The predicted octanol–water partition coefficient (Wildman–Crippen LogP) is 4.70. The molecule has 1 atom stereocenters. The van der Waals surface area contributed by atoms with Crippen LogP contribution >= 0.6 is 0 Å². The number of fused-ring (bicyclic) bond motifs is 1. The molecule has 1 aliphatic rings. The van der Waals surface area contributed by atoms with Crippen molar-refractivity contribution in [2.75, 3.05) is 12.4 Å². The molecule has 0 saturated carbocycles. The summed E-state index contributed by atoms with van der Waals surface area (Å²) in [5.41, 5.74) is 1.28. The SMILES string of the molecule is COc1ccc2c(c1)C(c1ccccc1)C=C(C(F)(F)F)N2. The average Bonchev–Trinajstić information content (AvgIpc) is 2.53. The Bertz CT molecular complexity index is 708. The first-order valence-corrected chi connectivity index (χ1v) is 6.78. The minimum atomic E-state index is -4.41. The number of ether oxygens (including phenoxy) is 1. The van der Waals surface area contributed by atoms with Crippen LogP contribution in [-0.4, -0.2) is 13.3 Å². The number of halogens is 3. The lowest BCUT2D eigenvalue weighted by Crippen LogP contribution is -2.24. The summed E-state index contributed by atoms with van der Waals surface area (Å²) in [4.78, 5) is 0. The Morgan fingerprint density at radius 3 is 2.41 bits per heavy atom. The van der Waals surface area contributed by atoms with Gasteiger partial charge in [0.2, 0.25) is 0 Å². The molecule has 0 bridgehead atoms. The van der Waals surface area contributed by atoms with E-state index < -0.39 is 17.8 Å². The molecule has 1 N–H and O–H groups in total. The highest BCUT2D eigenvalue weighted by Crippen LogP contribution is 2.42. The van der Waals surface area contributed by atoms with Crippen LogP contribution in [0.15, 0.2) is 60.3 Å². The van der Waals surface area contributed by atoms with Gasteiger partial charge in [0.1, 0.15) is 11.4 Å². The lowest BCUT2D eigenvalue weighted by atomic mass is 9.87. The van der Waals surface area contributed by atoms with Crippen molar-refractivity contribution in [3.8, 4) is 5.75 Å². The Kier molecular flexibility index (Phi) is 3.56. The smallest absolute Gasteiger partial charge is 0.430 e. The van der Waals surface area contributed by atoms with E-state index in [2.05, 4.69) is 5.32 Å². The number of rotatable bonds is 2. The van der Waals surface area contributed by atoms with E-state index >= 15 is 0 Å². The Morgan fingerprint density at radius 2 is 1.77 bits per heavy atom. The van der Waals surface area contributed by atoms with E-state index in [1.165, 1.54) is 13.2 Å². The number of allylic oxidation sites excluding steroid dienone is 2. The molecule has 22 heavy (non-hydrogen) atoms. The summed E-state index contributed by atoms with van der Waals surface area (Å²) in [6, 6.07) is 14.1. The minimum Gasteiger partial charge on any atom is -0.497 e. The van der Waals surface area contributed by atoms with Gasteiger partial charge in [0, 0.05) is 11.6 Å². The van der Waals surface area contributed by atoms with Crippen LogP contribution in [0.5, 0.6) is 5.75 Å². The standard InChI is InChI=1S/C17H14F3NO/c1-22-12-7-8-15-14(9-12)13(11-5-3-2-4-6-11)10-16(21-15)17(18,19)20/h2-10,13,21H,1H3. The minimum absolute atomic E-state index is 0.449. The van der Waals surface area contributed by atoms with Gasteiger partial charge in [-0.25, -0.2) is 0 Å². The van der Waals surface area contributed by atoms with E-state index in [9.17, 15) is 13.2 Å². The van der Waals surface area contributed by atoms with Crippen LogP contribution in [0.2, 0.25) is 0 Å². The molecule has 0 fully saturated rings. The molecular formula is C17H14F3NO. The third-order valence-electron chi connectivity index (χ3n) is 3.66. The van der Waals surface area contributed by atoms with Crippen LogP contribution in [0.4, 0.5) is 18.9 Å². The number of alkyl halides is 3. The lowest BCUT2D eigenvalue weighted by molar-refractivity contribution is -0.0907. The summed E-state index contributed by atoms with van der Waals surface area (Å²) in [5.74, 6) is 0.148. The van der Waals surface area contributed by atoms with E-state index in [1.54, 1.807) is 18.2 Å². The van der Waals surface area contributed by atoms with Gasteiger partial charge in [0.15, 0.2) is 0 Å². The fourth-order valence-electron chi connectivity index (χ4n) is 2.58. The zero-order valence-electron chi connectivity index (χ0n) is 11.8. The third kappa shape index (κ3) is 2.66. The Hall–Kier alpha value is -2.43. The van der Waals surface area contributed by atoms with Crippen LogP contribution in [0.1, 0.15) is 17.0 Å². The maximum atomic E-state index is 13.1. The maximum Gasteiger partial charge on any atom is 0.430 e. The number of anilines is 1. The number of hydrogen-bond donors (Lipinski definition) is 1. The van der Waals surface area contributed by atoms with Crippen molar-refractivity contribution < 1.29 is 17.9 Å². The maximum absolute atomic E-state index is 13.1. The van der Waals surface area contributed by atoms with Crippen molar-refractivity contribution in [3.63, 3.8) is 0 Å². The number of hydrogen-bond acceptors (Lipinski definition) is 2. The highest BCUT2D eigenvalue weighted by atomic mass is 19.4. The summed E-state index contributed by atoms with van der Waals surface area (Å²) in [7, 11) is 1.53. The van der Waals surface area contributed by atoms with Crippen LogP contribution < -0.4 is 10.1 Å². The van der Waals surface area contributed by atoms with Crippen LogP contribution in [0, 0.1) is 0 Å². The van der Waals surface area contributed by atoms with Gasteiger partial charge in [-0.1, -0.05) is 30.3 Å². The molecule has 114 valence electrons. The van der Waals surface area contributed by atoms with Gasteiger partial charge < -0.3 is 10.1 Å². The summed E-state index contributed by atoms with van der Waals surface area (Å²) in [6.45, 7) is 0. The summed E-state index contributed by atoms with van der Waals surface area (Å²) in [6.07, 6.45) is -3.19. The molecule has 1 unspecified atom stereocenters. The van der Waals surface area contributed by atoms with Crippen molar-refractivity contribution >= 4 is 5.69 Å². The van der Waals surface area contributed by atoms with Crippen LogP contribution in [0.25, 0.3) is 0 Å². The van der Waals surface area contributed by atoms with E-state index in [4.69, 9.17) is 4.74 Å². The summed E-state index contributed by atoms with van der Waals surface area (Å²) in [5, 5.41) is 2.47. The highest BCUT2D eigenvalue weighted by Gasteiger charge is 2.38. The van der Waals surface area contributed by atoms with Gasteiger partial charge in [0.05, 0.1) is 7.11 Å². The molecule has 1 aliphatic heterocycles. The fraction of sp³-hybridized carbons (Fsp3) is 0.176. The molecule has 0 aliphatic carbocycles. The topological polar surface area (TPSA) is 21.3 Å². The first kappa shape index (κ1) is 14.5. The Labute approximate surface area is 126 Å². The normalized spacial score (nSPS) is 17.3. The molecule has 0 spiro atoms. The first-order chi connectivity index (χ1) is 10.5. The monoisotopic (exact) mass is 305 g/mol. The molecule has 1 heterocycles.